The second-order valence-corrected chi connectivity index (χ2v) is 3.10. The van der Waals surface area contributed by atoms with Crippen molar-refractivity contribution >= 4 is 5.97 Å². The summed E-state index contributed by atoms with van der Waals surface area (Å²) in [6.45, 7) is 1.54. The van der Waals surface area contributed by atoms with Gasteiger partial charge in [0.1, 0.15) is 5.75 Å². The van der Waals surface area contributed by atoms with Crippen LogP contribution in [0, 0.1) is 0 Å². The SMILES string of the molecule is COC(C)c1ccccc1OCC(=O)O. The van der Waals surface area contributed by atoms with Crippen LogP contribution in [0.2, 0.25) is 0 Å². The van der Waals surface area contributed by atoms with Gasteiger partial charge >= 0.3 is 5.97 Å². The molecule has 15 heavy (non-hydrogen) atoms. The molecule has 0 saturated carbocycles. The van der Waals surface area contributed by atoms with E-state index in [1.165, 1.54) is 0 Å². The average Bonchev–Trinajstić information content (AvgIpc) is 2.25. The van der Waals surface area contributed by atoms with Gasteiger partial charge in [0.2, 0.25) is 0 Å². The fourth-order valence-electron chi connectivity index (χ4n) is 1.21. The maximum atomic E-state index is 10.4. The van der Waals surface area contributed by atoms with Gasteiger partial charge in [-0.2, -0.15) is 0 Å². The van der Waals surface area contributed by atoms with E-state index in [0.29, 0.717) is 5.75 Å². The van der Waals surface area contributed by atoms with Gasteiger partial charge in [-0.3, -0.25) is 0 Å². The molecule has 0 spiro atoms. The Hall–Kier alpha value is -1.55. The number of carboxylic acid groups (broad SMARTS) is 1. The van der Waals surface area contributed by atoms with Crippen molar-refractivity contribution in [1.29, 1.82) is 0 Å². The monoisotopic (exact) mass is 210 g/mol. The summed E-state index contributed by atoms with van der Waals surface area (Å²) in [5.41, 5.74) is 0.848. The van der Waals surface area contributed by atoms with Gasteiger partial charge in [0.15, 0.2) is 6.61 Å². The Bertz CT molecular complexity index is 335. The minimum absolute atomic E-state index is 0.116. The molecular formula is C11H14O4. The zero-order chi connectivity index (χ0) is 11.3. The van der Waals surface area contributed by atoms with Crippen molar-refractivity contribution < 1.29 is 19.4 Å². The summed E-state index contributed by atoms with van der Waals surface area (Å²) in [5.74, 6) is -0.441. The van der Waals surface area contributed by atoms with Crippen molar-refractivity contribution in [3.8, 4) is 5.75 Å². The molecule has 1 N–H and O–H groups in total. The first kappa shape index (κ1) is 11.5. The van der Waals surface area contributed by atoms with Crippen molar-refractivity contribution in [2.24, 2.45) is 0 Å². The van der Waals surface area contributed by atoms with Gasteiger partial charge in [0.05, 0.1) is 6.10 Å². The van der Waals surface area contributed by atoms with Gasteiger partial charge in [0.25, 0.3) is 0 Å². The van der Waals surface area contributed by atoms with Crippen LogP contribution in [-0.4, -0.2) is 24.8 Å². The second-order valence-electron chi connectivity index (χ2n) is 3.10. The summed E-state index contributed by atoms with van der Waals surface area (Å²) < 4.78 is 10.3. The van der Waals surface area contributed by atoms with Gasteiger partial charge in [-0.1, -0.05) is 18.2 Å². The Labute approximate surface area is 88.4 Å². The van der Waals surface area contributed by atoms with Gasteiger partial charge < -0.3 is 14.6 Å². The minimum atomic E-state index is -0.991. The number of methoxy groups -OCH3 is 1. The first-order valence-corrected chi connectivity index (χ1v) is 4.61. The van der Waals surface area contributed by atoms with Crippen molar-refractivity contribution in [3.63, 3.8) is 0 Å². The number of hydrogen-bond acceptors (Lipinski definition) is 3. The number of carboxylic acids is 1. The van der Waals surface area contributed by atoms with Crippen molar-refractivity contribution in [2.45, 2.75) is 13.0 Å². The fraction of sp³-hybridized carbons (Fsp3) is 0.364. The molecule has 0 aliphatic heterocycles. The molecule has 1 aromatic rings. The van der Waals surface area contributed by atoms with E-state index < -0.39 is 5.97 Å². The average molecular weight is 210 g/mol. The van der Waals surface area contributed by atoms with Gasteiger partial charge in [-0.15, -0.1) is 0 Å². The molecule has 0 bridgehead atoms. The van der Waals surface area contributed by atoms with Crippen LogP contribution in [0.25, 0.3) is 0 Å². The van der Waals surface area contributed by atoms with Crippen LogP contribution in [0.4, 0.5) is 0 Å². The van der Waals surface area contributed by atoms with Crippen LogP contribution in [0.5, 0.6) is 5.75 Å². The third-order valence-corrected chi connectivity index (χ3v) is 2.06. The number of benzene rings is 1. The molecule has 1 unspecified atom stereocenters. The van der Waals surface area contributed by atoms with Crippen molar-refractivity contribution in [3.05, 3.63) is 29.8 Å². The summed E-state index contributed by atoms with van der Waals surface area (Å²) >= 11 is 0. The van der Waals surface area contributed by atoms with Crippen LogP contribution in [-0.2, 0) is 9.53 Å². The molecule has 4 nitrogen and oxygen atoms in total. The summed E-state index contributed by atoms with van der Waals surface area (Å²) in [6.07, 6.45) is -0.116. The largest absolute Gasteiger partial charge is 0.482 e. The zero-order valence-electron chi connectivity index (χ0n) is 8.77. The number of aliphatic carboxylic acids is 1. The van der Waals surface area contributed by atoms with Gasteiger partial charge in [0, 0.05) is 12.7 Å². The molecule has 0 aromatic heterocycles. The Morgan fingerprint density at radius 1 is 1.47 bits per heavy atom. The third-order valence-electron chi connectivity index (χ3n) is 2.06. The molecule has 0 amide bonds. The lowest BCUT2D eigenvalue weighted by Crippen LogP contribution is -2.11. The van der Waals surface area contributed by atoms with Crippen LogP contribution in [0.3, 0.4) is 0 Å². The summed E-state index contributed by atoms with van der Waals surface area (Å²) in [5, 5.41) is 8.51. The molecule has 1 atom stereocenters. The fourth-order valence-corrected chi connectivity index (χ4v) is 1.21. The van der Waals surface area contributed by atoms with Crippen LogP contribution in [0.15, 0.2) is 24.3 Å². The topological polar surface area (TPSA) is 55.8 Å². The summed E-state index contributed by atoms with van der Waals surface area (Å²) in [4.78, 5) is 10.4. The Morgan fingerprint density at radius 2 is 2.13 bits per heavy atom. The Balaban J connectivity index is 2.81. The predicted octanol–water partition coefficient (Wildman–Crippen LogP) is 1.86. The highest BCUT2D eigenvalue weighted by Gasteiger charge is 2.10. The maximum Gasteiger partial charge on any atom is 0.341 e. The number of carbonyl (C=O) groups is 1. The Kier molecular flexibility index (Phi) is 4.12. The number of para-hydroxylation sites is 1. The molecule has 0 fully saturated rings. The first-order chi connectivity index (χ1) is 7.15. The lowest BCUT2D eigenvalue weighted by molar-refractivity contribution is -0.139. The molecule has 0 radical (unpaired) electrons. The van der Waals surface area contributed by atoms with Gasteiger partial charge in [-0.25, -0.2) is 4.79 Å². The molecule has 0 aliphatic carbocycles. The molecular weight excluding hydrogens is 196 g/mol. The quantitative estimate of drug-likeness (QED) is 0.805. The summed E-state index contributed by atoms with van der Waals surface area (Å²) in [7, 11) is 1.60. The molecule has 0 aliphatic rings. The van der Waals surface area contributed by atoms with E-state index in [1.54, 1.807) is 19.2 Å². The first-order valence-electron chi connectivity index (χ1n) is 4.61. The second kappa shape index (κ2) is 5.36. The number of rotatable bonds is 5. The number of hydrogen-bond donors (Lipinski definition) is 1. The van der Waals surface area contributed by atoms with E-state index in [0.717, 1.165) is 5.56 Å². The molecule has 82 valence electrons. The Morgan fingerprint density at radius 3 is 2.73 bits per heavy atom. The predicted molar refractivity (Wildman–Crippen MR) is 55.0 cm³/mol. The molecule has 1 rings (SSSR count). The maximum absolute atomic E-state index is 10.4. The molecule has 1 aromatic carbocycles. The van der Waals surface area contributed by atoms with Crippen LogP contribution in [0.1, 0.15) is 18.6 Å². The highest BCUT2D eigenvalue weighted by molar-refractivity contribution is 5.68. The van der Waals surface area contributed by atoms with E-state index in [1.807, 2.05) is 19.1 Å². The van der Waals surface area contributed by atoms with E-state index in [2.05, 4.69) is 0 Å². The standard InChI is InChI=1S/C11H14O4/c1-8(14-2)9-5-3-4-6-10(9)15-7-11(12)13/h3-6,8H,7H2,1-2H3,(H,12,13). The van der Waals surface area contributed by atoms with Gasteiger partial charge in [-0.05, 0) is 13.0 Å². The van der Waals surface area contributed by atoms with E-state index in [-0.39, 0.29) is 12.7 Å². The van der Waals surface area contributed by atoms with Crippen LogP contribution < -0.4 is 4.74 Å². The van der Waals surface area contributed by atoms with Crippen LogP contribution >= 0.6 is 0 Å². The van der Waals surface area contributed by atoms with Crippen molar-refractivity contribution in [1.82, 2.24) is 0 Å². The van der Waals surface area contributed by atoms with Crippen molar-refractivity contribution in [2.75, 3.05) is 13.7 Å². The smallest absolute Gasteiger partial charge is 0.341 e. The highest BCUT2D eigenvalue weighted by Crippen LogP contribution is 2.26. The lowest BCUT2D eigenvalue weighted by Gasteiger charge is -2.14. The molecule has 0 saturated heterocycles. The highest BCUT2D eigenvalue weighted by atomic mass is 16.5. The number of ether oxygens (including phenoxy) is 2. The summed E-state index contributed by atoms with van der Waals surface area (Å²) in [6, 6.07) is 7.24. The lowest BCUT2D eigenvalue weighted by atomic mass is 10.1. The molecule has 0 heterocycles. The zero-order valence-corrected chi connectivity index (χ0v) is 8.77. The molecule has 4 heteroatoms. The van der Waals surface area contributed by atoms with E-state index in [4.69, 9.17) is 14.6 Å². The normalized spacial score (nSPS) is 12.1. The van der Waals surface area contributed by atoms with E-state index in [9.17, 15) is 4.79 Å². The third kappa shape index (κ3) is 3.25. The van der Waals surface area contributed by atoms with E-state index >= 15 is 0 Å². The minimum Gasteiger partial charge on any atom is -0.482 e.